The summed E-state index contributed by atoms with van der Waals surface area (Å²) in [6, 6.07) is 10.3. The van der Waals surface area contributed by atoms with Crippen LogP contribution in [0.2, 0.25) is 0 Å². The Hall–Kier alpha value is -3.16. The van der Waals surface area contributed by atoms with Crippen LogP contribution in [-0.4, -0.2) is 41.1 Å². The molecule has 0 bridgehead atoms. The molecule has 0 amide bonds. The number of hydrogen-bond donors (Lipinski definition) is 2. The molecule has 2 aromatic heterocycles. The number of H-pyrrole nitrogens is 1. The summed E-state index contributed by atoms with van der Waals surface area (Å²) in [7, 11) is -3.48. The molecule has 0 saturated carbocycles. The summed E-state index contributed by atoms with van der Waals surface area (Å²) in [6.07, 6.45) is 2.77. The topological polar surface area (TPSA) is 130 Å². The van der Waals surface area contributed by atoms with Gasteiger partial charge in [0.1, 0.15) is 5.39 Å². The highest BCUT2D eigenvalue weighted by Gasteiger charge is 2.31. The Labute approximate surface area is 192 Å². The largest absolute Gasteiger partial charge is 0.381 e. The first-order valence-electron chi connectivity index (χ1n) is 10.8. The summed E-state index contributed by atoms with van der Waals surface area (Å²) in [4.78, 5) is 15.6. The summed E-state index contributed by atoms with van der Waals surface area (Å²) >= 11 is 0. The van der Waals surface area contributed by atoms with Gasteiger partial charge in [-0.05, 0) is 63.9 Å². The van der Waals surface area contributed by atoms with Gasteiger partial charge in [-0.3, -0.25) is 9.48 Å². The molecular weight excluding hydrogens is 442 g/mol. The molecule has 174 valence electrons. The molecule has 9 nitrogen and oxygen atoms in total. The molecule has 1 aromatic carbocycles. The number of ether oxygens (including phenoxy) is 1. The third-order valence-electron chi connectivity index (χ3n) is 5.94. The van der Waals surface area contributed by atoms with Crippen LogP contribution in [0.5, 0.6) is 0 Å². The average Bonchev–Trinajstić information content (AvgIpc) is 2.97. The Balaban J connectivity index is 1.74. The van der Waals surface area contributed by atoms with Crippen molar-refractivity contribution in [2.75, 3.05) is 18.5 Å². The summed E-state index contributed by atoms with van der Waals surface area (Å²) in [6.45, 7) is 6.01. The van der Waals surface area contributed by atoms with E-state index in [-0.39, 0.29) is 22.4 Å². The second kappa shape index (κ2) is 8.65. The number of pyridine rings is 1. The Morgan fingerprint density at radius 2 is 1.88 bits per heavy atom. The quantitative estimate of drug-likeness (QED) is 0.598. The molecular formula is C23H27N5O4S. The fraction of sp³-hybridized carbons (Fsp3) is 0.435. The van der Waals surface area contributed by atoms with Crippen molar-refractivity contribution in [3.8, 4) is 6.07 Å². The molecule has 3 aromatic rings. The lowest BCUT2D eigenvalue weighted by atomic mass is 9.96. The van der Waals surface area contributed by atoms with Crippen molar-refractivity contribution in [3.63, 3.8) is 0 Å². The summed E-state index contributed by atoms with van der Waals surface area (Å²) in [5.74, 6) is 0.0600. The maximum absolute atomic E-state index is 12.7. The molecule has 1 saturated heterocycles. The van der Waals surface area contributed by atoms with Crippen molar-refractivity contribution in [1.82, 2.24) is 14.8 Å². The van der Waals surface area contributed by atoms with Crippen LogP contribution in [0.3, 0.4) is 0 Å². The van der Waals surface area contributed by atoms with Gasteiger partial charge in [0.2, 0.25) is 0 Å². The van der Waals surface area contributed by atoms with Gasteiger partial charge in [-0.25, -0.2) is 8.42 Å². The van der Waals surface area contributed by atoms with Crippen LogP contribution in [0.15, 0.2) is 46.2 Å². The van der Waals surface area contributed by atoms with Gasteiger partial charge in [-0.15, -0.1) is 0 Å². The van der Waals surface area contributed by atoms with E-state index >= 15 is 0 Å². The second-order valence-electron chi connectivity index (χ2n) is 9.12. The predicted octanol–water partition coefficient (Wildman–Crippen LogP) is 3.53. The number of anilines is 2. The van der Waals surface area contributed by atoms with Crippen LogP contribution in [-0.2, 0) is 14.6 Å². The molecule has 2 atom stereocenters. The fourth-order valence-corrected chi connectivity index (χ4v) is 5.20. The minimum absolute atomic E-state index is 0.225. The van der Waals surface area contributed by atoms with E-state index in [2.05, 4.69) is 21.5 Å². The van der Waals surface area contributed by atoms with Crippen LogP contribution >= 0.6 is 0 Å². The smallest absolute Gasteiger partial charge is 0.261 e. The maximum Gasteiger partial charge on any atom is 0.261 e. The molecule has 0 aliphatic carbocycles. The molecule has 1 fully saturated rings. The normalized spacial score (nSPS) is 19.7. The van der Waals surface area contributed by atoms with Crippen molar-refractivity contribution in [2.45, 2.75) is 49.3 Å². The van der Waals surface area contributed by atoms with Crippen molar-refractivity contribution >= 4 is 32.2 Å². The summed E-state index contributed by atoms with van der Waals surface area (Å²) < 4.78 is 31.8. The van der Waals surface area contributed by atoms with Crippen LogP contribution < -0.4 is 10.9 Å². The minimum Gasteiger partial charge on any atom is -0.381 e. The number of aromatic amines is 1. The highest BCUT2D eigenvalue weighted by Crippen LogP contribution is 2.33. The average molecular weight is 470 g/mol. The molecule has 3 heterocycles. The van der Waals surface area contributed by atoms with E-state index in [9.17, 15) is 18.5 Å². The highest BCUT2D eigenvalue weighted by molar-refractivity contribution is 7.92. The van der Waals surface area contributed by atoms with Gasteiger partial charge in [0, 0.05) is 25.1 Å². The Bertz CT molecular complexity index is 1360. The lowest BCUT2D eigenvalue weighted by Gasteiger charge is -2.20. The second-order valence-corrected chi connectivity index (χ2v) is 11.8. The summed E-state index contributed by atoms with van der Waals surface area (Å²) in [5, 5.41) is 17.9. The zero-order chi connectivity index (χ0) is 23.8. The molecule has 0 unspecified atom stereocenters. The van der Waals surface area contributed by atoms with Gasteiger partial charge in [0.25, 0.3) is 5.56 Å². The van der Waals surface area contributed by atoms with Gasteiger partial charge in [0.05, 0.1) is 33.2 Å². The molecule has 1 aliphatic rings. The van der Waals surface area contributed by atoms with Gasteiger partial charge >= 0.3 is 0 Å². The zero-order valence-electron chi connectivity index (χ0n) is 18.8. The number of rotatable bonds is 4. The first kappa shape index (κ1) is 23.0. The molecule has 10 heteroatoms. The van der Waals surface area contributed by atoms with Crippen molar-refractivity contribution in [3.05, 3.63) is 46.9 Å². The Morgan fingerprint density at radius 1 is 1.18 bits per heavy atom. The van der Waals surface area contributed by atoms with E-state index in [0.717, 1.165) is 0 Å². The molecule has 33 heavy (non-hydrogen) atoms. The third-order valence-corrected chi connectivity index (χ3v) is 8.44. The first-order chi connectivity index (χ1) is 15.6. The zero-order valence-corrected chi connectivity index (χ0v) is 19.6. The van der Waals surface area contributed by atoms with E-state index in [1.807, 2.05) is 0 Å². The van der Waals surface area contributed by atoms with Gasteiger partial charge in [-0.1, -0.05) is 0 Å². The van der Waals surface area contributed by atoms with Gasteiger partial charge < -0.3 is 15.0 Å². The predicted molar refractivity (Wildman–Crippen MR) is 125 cm³/mol. The number of nitrogens with zero attached hydrogens (tertiary/aromatic N) is 3. The molecule has 2 N–H and O–H groups in total. The van der Waals surface area contributed by atoms with Gasteiger partial charge in [0.15, 0.2) is 15.7 Å². The van der Waals surface area contributed by atoms with Crippen molar-refractivity contribution < 1.29 is 13.2 Å². The number of sulfone groups is 1. The van der Waals surface area contributed by atoms with Crippen molar-refractivity contribution in [2.24, 2.45) is 5.92 Å². The first-order valence-corrected chi connectivity index (χ1v) is 12.3. The lowest BCUT2D eigenvalue weighted by Crippen LogP contribution is -2.27. The number of nitrogens with one attached hydrogen (secondary N) is 2. The minimum atomic E-state index is -3.48. The monoisotopic (exact) mass is 469 g/mol. The van der Waals surface area contributed by atoms with Crippen molar-refractivity contribution in [1.29, 1.82) is 5.26 Å². The summed E-state index contributed by atoms with van der Waals surface area (Å²) in [5.41, 5.74) is 0.922. The highest BCUT2D eigenvalue weighted by atomic mass is 32.2. The number of nitriles is 1. The van der Waals surface area contributed by atoms with E-state index in [1.165, 1.54) is 0 Å². The lowest BCUT2D eigenvalue weighted by molar-refractivity contribution is 0.141. The SMILES string of the molecule is CC(C)(C)S(=O)(=O)c1ccc(Nc2nn([C@@H]3CCOCC[C@@H]3C#N)c3cc[nH]c(=O)c23)cc1. The van der Waals surface area contributed by atoms with E-state index in [1.54, 1.807) is 62.0 Å². The molecule has 4 rings (SSSR count). The van der Waals surface area contributed by atoms with Crippen LogP contribution in [0.25, 0.3) is 10.9 Å². The Morgan fingerprint density at radius 3 is 2.55 bits per heavy atom. The third kappa shape index (κ3) is 4.26. The number of hydrogen-bond acceptors (Lipinski definition) is 7. The van der Waals surface area contributed by atoms with Gasteiger partial charge in [-0.2, -0.15) is 10.4 Å². The Kier molecular flexibility index (Phi) is 6.03. The molecule has 0 spiro atoms. The molecule has 0 radical (unpaired) electrons. The number of aromatic nitrogens is 3. The van der Waals surface area contributed by atoms with E-state index < -0.39 is 14.6 Å². The van der Waals surface area contributed by atoms with Crippen LogP contribution in [0.4, 0.5) is 11.5 Å². The van der Waals surface area contributed by atoms with E-state index in [0.29, 0.717) is 48.5 Å². The van der Waals surface area contributed by atoms with Crippen LogP contribution in [0.1, 0.15) is 39.7 Å². The van der Waals surface area contributed by atoms with Crippen LogP contribution in [0, 0.1) is 17.2 Å². The number of benzene rings is 1. The van der Waals surface area contributed by atoms with E-state index in [4.69, 9.17) is 4.74 Å². The number of fused-ring (bicyclic) bond motifs is 1. The fourth-order valence-electron chi connectivity index (χ4n) is 4.00. The molecule has 1 aliphatic heterocycles. The standard InChI is InChI=1S/C23H27N5O4S/c1-23(2,3)33(30,31)17-6-4-16(5-7-17)26-21-20-19(8-11-25-22(20)29)28(27-21)18-10-13-32-12-9-15(18)14-24/h4-8,11,15,18H,9-10,12-13H2,1-3H3,(H,25,29)(H,26,27)/t15-,18-/m1/s1. The maximum atomic E-state index is 12.7.